The molecule has 24 heavy (non-hydrogen) atoms. The zero-order chi connectivity index (χ0) is 16.9. The molecule has 3 rings (SSSR count). The minimum Gasteiger partial charge on any atom is -0.489 e. The first-order valence-electron chi connectivity index (χ1n) is 8.11. The fourth-order valence-electron chi connectivity index (χ4n) is 2.78. The van der Waals surface area contributed by atoms with Crippen LogP contribution in [0.1, 0.15) is 21.5 Å². The van der Waals surface area contributed by atoms with E-state index in [-0.39, 0.29) is 5.91 Å². The summed E-state index contributed by atoms with van der Waals surface area (Å²) in [5.41, 5.74) is 2.69. The van der Waals surface area contributed by atoms with Crippen LogP contribution in [0.5, 0.6) is 5.75 Å². The van der Waals surface area contributed by atoms with Crippen molar-refractivity contribution in [2.75, 3.05) is 26.2 Å². The molecule has 1 fully saturated rings. The molecule has 0 atom stereocenters. The molecule has 1 amide bonds. The molecule has 0 aliphatic carbocycles. The molecule has 0 aromatic heterocycles. The lowest BCUT2D eigenvalue weighted by Gasteiger charge is -2.27. The molecule has 5 heteroatoms. The number of ether oxygens (including phenoxy) is 1. The van der Waals surface area contributed by atoms with Crippen molar-refractivity contribution >= 4 is 17.5 Å². The van der Waals surface area contributed by atoms with Crippen molar-refractivity contribution in [2.24, 2.45) is 0 Å². The second kappa shape index (κ2) is 7.69. The molecule has 0 unspecified atom stereocenters. The monoisotopic (exact) mass is 344 g/mol. The van der Waals surface area contributed by atoms with E-state index >= 15 is 0 Å². The van der Waals surface area contributed by atoms with Gasteiger partial charge in [-0.1, -0.05) is 23.7 Å². The Morgan fingerprint density at radius 1 is 1.21 bits per heavy atom. The second-order valence-corrected chi connectivity index (χ2v) is 6.38. The van der Waals surface area contributed by atoms with Gasteiger partial charge >= 0.3 is 0 Å². The van der Waals surface area contributed by atoms with Crippen LogP contribution < -0.4 is 10.1 Å². The van der Waals surface area contributed by atoms with Crippen molar-refractivity contribution in [1.29, 1.82) is 0 Å². The number of nitrogens with zero attached hydrogens (tertiary/aromatic N) is 1. The maximum Gasteiger partial charge on any atom is 0.253 e. The smallest absolute Gasteiger partial charge is 0.253 e. The Labute approximate surface area is 147 Å². The third-order valence-electron chi connectivity index (χ3n) is 4.11. The predicted octanol–water partition coefficient (Wildman–Crippen LogP) is 3.27. The van der Waals surface area contributed by atoms with Crippen molar-refractivity contribution in [2.45, 2.75) is 13.5 Å². The Bertz CT molecular complexity index is 727. The van der Waals surface area contributed by atoms with Crippen LogP contribution in [0.4, 0.5) is 0 Å². The van der Waals surface area contributed by atoms with E-state index in [2.05, 4.69) is 5.32 Å². The van der Waals surface area contributed by atoms with E-state index in [9.17, 15) is 4.79 Å². The lowest BCUT2D eigenvalue weighted by Crippen LogP contribution is -2.46. The zero-order valence-corrected chi connectivity index (χ0v) is 14.5. The zero-order valence-electron chi connectivity index (χ0n) is 13.7. The van der Waals surface area contributed by atoms with E-state index < -0.39 is 0 Å². The standard InChI is InChI=1S/C19H21ClN2O2/c1-14-11-16(19(23)22-9-7-21-8-10-22)5-6-18(14)24-13-15-3-2-4-17(20)12-15/h2-6,11-12,21H,7-10,13H2,1H3. The largest absolute Gasteiger partial charge is 0.489 e. The molecule has 0 radical (unpaired) electrons. The van der Waals surface area contributed by atoms with Crippen LogP contribution in [0.2, 0.25) is 5.02 Å². The second-order valence-electron chi connectivity index (χ2n) is 5.94. The molecular formula is C19H21ClN2O2. The first kappa shape index (κ1) is 16.8. The third-order valence-corrected chi connectivity index (χ3v) is 4.34. The van der Waals surface area contributed by atoms with Gasteiger partial charge in [0.15, 0.2) is 0 Å². The fourth-order valence-corrected chi connectivity index (χ4v) is 3.00. The van der Waals surface area contributed by atoms with Crippen molar-refractivity contribution in [1.82, 2.24) is 10.2 Å². The first-order chi connectivity index (χ1) is 11.6. The quantitative estimate of drug-likeness (QED) is 0.925. The molecule has 1 N–H and O–H groups in total. The SMILES string of the molecule is Cc1cc(C(=O)N2CCNCC2)ccc1OCc1cccc(Cl)c1. The molecule has 126 valence electrons. The van der Waals surface area contributed by atoms with Crippen LogP contribution in [0.25, 0.3) is 0 Å². The number of carbonyl (C=O) groups excluding carboxylic acids is 1. The highest BCUT2D eigenvalue weighted by molar-refractivity contribution is 6.30. The summed E-state index contributed by atoms with van der Waals surface area (Å²) in [6.07, 6.45) is 0. The molecule has 1 heterocycles. The van der Waals surface area contributed by atoms with E-state index in [0.717, 1.165) is 43.1 Å². The Morgan fingerprint density at radius 2 is 2.00 bits per heavy atom. The van der Waals surface area contributed by atoms with E-state index in [1.54, 1.807) is 0 Å². The molecule has 0 bridgehead atoms. The summed E-state index contributed by atoms with van der Waals surface area (Å²) >= 11 is 5.99. The lowest BCUT2D eigenvalue weighted by molar-refractivity contribution is 0.0735. The minimum absolute atomic E-state index is 0.0843. The molecule has 0 saturated carbocycles. The molecule has 1 aliphatic rings. The third kappa shape index (κ3) is 4.08. The van der Waals surface area contributed by atoms with E-state index in [1.165, 1.54) is 0 Å². The Kier molecular flexibility index (Phi) is 5.38. The van der Waals surface area contributed by atoms with E-state index in [4.69, 9.17) is 16.3 Å². The Hall–Kier alpha value is -2.04. The van der Waals surface area contributed by atoms with Gasteiger partial charge in [0.1, 0.15) is 12.4 Å². The molecule has 1 saturated heterocycles. The van der Waals surface area contributed by atoms with Gasteiger partial charge in [-0.15, -0.1) is 0 Å². The topological polar surface area (TPSA) is 41.6 Å². The van der Waals surface area contributed by atoms with Gasteiger partial charge in [0.25, 0.3) is 5.91 Å². The Morgan fingerprint density at radius 3 is 2.71 bits per heavy atom. The summed E-state index contributed by atoms with van der Waals surface area (Å²) in [6, 6.07) is 13.2. The first-order valence-corrected chi connectivity index (χ1v) is 8.49. The maximum atomic E-state index is 12.5. The lowest BCUT2D eigenvalue weighted by atomic mass is 10.1. The summed E-state index contributed by atoms with van der Waals surface area (Å²) in [7, 11) is 0. The number of amides is 1. The molecule has 1 aliphatic heterocycles. The summed E-state index contributed by atoms with van der Waals surface area (Å²) in [5, 5.41) is 3.95. The maximum absolute atomic E-state index is 12.5. The van der Waals surface area contributed by atoms with Crippen LogP contribution in [0, 0.1) is 6.92 Å². The van der Waals surface area contributed by atoms with Gasteiger partial charge in [-0.25, -0.2) is 0 Å². The van der Waals surface area contributed by atoms with Gasteiger partial charge in [0.2, 0.25) is 0 Å². The van der Waals surface area contributed by atoms with Crippen LogP contribution in [-0.4, -0.2) is 37.0 Å². The van der Waals surface area contributed by atoms with Crippen LogP contribution in [0.15, 0.2) is 42.5 Å². The summed E-state index contributed by atoms with van der Waals surface area (Å²) in [5.74, 6) is 0.868. The number of hydrogen-bond acceptors (Lipinski definition) is 3. The number of aryl methyl sites for hydroxylation is 1. The molecule has 2 aromatic carbocycles. The van der Waals surface area contributed by atoms with Crippen molar-refractivity contribution in [3.05, 3.63) is 64.2 Å². The van der Waals surface area contributed by atoms with Gasteiger partial charge < -0.3 is 15.0 Å². The van der Waals surface area contributed by atoms with Crippen LogP contribution >= 0.6 is 11.6 Å². The molecule has 0 spiro atoms. The summed E-state index contributed by atoms with van der Waals surface area (Å²) < 4.78 is 5.86. The molecular weight excluding hydrogens is 324 g/mol. The highest BCUT2D eigenvalue weighted by Crippen LogP contribution is 2.22. The van der Waals surface area contributed by atoms with E-state index in [1.807, 2.05) is 54.3 Å². The summed E-state index contributed by atoms with van der Waals surface area (Å²) in [6.45, 7) is 5.63. The van der Waals surface area contributed by atoms with Gasteiger partial charge in [0, 0.05) is 36.8 Å². The number of halogens is 1. The molecule has 4 nitrogen and oxygen atoms in total. The van der Waals surface area contributed by atoms with Gasteiger partial charge in [-0.2, -0.15) is 0 Å². The normalized spacial score (nSPS) is 14.5. The van der Waals surface area contributed by atoms with Gasteiger partial charge in [-0.3, -0.25) is 4.79 Å². The number of piperazine rings is 1. The van der Waals surface area contributed by atoms with Crippen LogP contribution in [-0.2, 0) is 6.61 Å². The van der Waals surface area contributed by atoms with Crippen LogP contribution in [0.3, 0.4) is 0 Å². The van der Waals surface area contributed by atoms with Crippen molar-refractivity contribution in [3.8, 4) is 5.75 Å². The number of hydrogen-bond donors (Lipinski definition) is 1. The minimum atomic E-state index is 0.0843. The summed E-state index contributed by atoms with van der Waals surface area (Å²) in [4.78, 5) is 14.4. The van der Waals surface area contributed by atoms with Gasteiger partial charge in [-0.05, 0) is 48.4 Å². The number of benzene rings is 2. The van der Waals surface area contributed by atoms with Gasteiger partial charge in [0.05, 0.1) is 0 Å². The van der Waals surface area contributed by atoms with Crippen molar-refractivity contribution < 1.29 is 9.53 Å². The fraction of sp³-hybridized carbons (Fsp3) is 0.316. The Balaban J connectivity index is 1.67. The highest BCUT2D eigenvalue weighted by Gasteiger charge is 2.18. The van der Waals surface area contributed by atoms with E-state index in [0.29, 0.717) is 17.2 Å². The predicted molar refractivity (Wildman–Crippen MR) is 95.7 cm³/mol. The highest BCUT2D eigenvalue weighted by atomic mass is 35.5. The average molecular weight is 345 g/mol. The number of nitrogens with one attached hydrogen (secondary N) is 1. The number of carbonyl (C=O) groups is 1. The number of rotatable bonds is 4. The molecule has 2 aromatic rings. The van der Waals surface area contributed by atoms with Crippen molar-refractivity contribution in [3.63, 3.8) is 0 Å². The average Bonchev–Trinajstić information content (AvgIpc) is 2.61.